The van der Waals surface area contributed by atoms with Crippen molar-refractivity contribution in [1.82, 2.24) is 10.6 Å². The molecule has 0 radical (unpaired) electrons. The highest BCUT2D eigenvalue weighted by Gasteiger charge is 2.13. The molecular formula is C13H21N3O2. The number of nitrogens with one attached hydrogen (secondary N) is 2. The SMILES string of the molecule is COCCNC(=O)/C(C#N)=C\NC1CCCCC1. The Morgan fingerprint density at radius 1 is 1.44 bits per heavy atom. The third-order valence-electron chi connectivity index (χ3n) is 3.03. The van der Waals surface area contributed by atoms with Gasteiger partial charge >= 0.3 is 0 Å². The summed E-state index contributed by atoms with van der Waals surface area (Å²) in [4.78, 5) is 11.6. The highest BCUT2D eigenvalue weighted by atomic mass is 16.5. The predicted molar refractivity (Wildman–Crippen MR) is 68.6 cm³/mol. The van der Waals surface area contributed by atoms with E-state index in [1.54, 1.807) is 7.11 Å². The van der Waals surface area contributed by atoms with Gasteiger partial charge in [0, 0.05) is 25.9 Å². The van der Waals surface area contributed by atoms with E-state index in [0.29, 0.717) is 19.2 Å². The van der Waals surface area contributed by atoms with Gasteiger partial charge in [-0.3, -0.25) is 4.79 Å². The van der Waals surface area contributed by atoms with Crippen molar-refractivity contribution < 1.29 is 9.53 Å². The Morgan fingerprint density at radius 3 is 2.78 bits per heavy atom. The molecule has 1 rings (SSSR count). The minimum absolute atomic E-state index is 0.122. The highest BCUT2D eigenvalue weighted by Crippen LogP contribution is 2.17. The summed E-state index contributed by atoms with van der Waals surface area (Å²) in [6, 6.07) is 2.31. The Balaban J connectivity index is 2.38. The van der Waals surface area contributed by atoms with Crippen molar-refractivity contribution in [2.45, 2.75) is 38.1 Å². The molecule has 1 amide bonds. The number of carbonyl (C=O) groups excluding carboxylic acids is 1. The molecule has 0 aromatic heterocycles. The minimum Gasteiger partial charge on any atom is -0.387 e. The lowest BCUT2D eigenvalue weighted by atomic mass is 9.96. The van der Waals surface area contributed by atoms with E-state index in [0.717, 1.165) is 12.8 Å². The maximum atomic E-state index is 11.6. The van der Waals surface area contributed by atoms with Crippen LogP contribution in [-0.2, 0) is 9.53 Å². The van der Waals surface area contributed by atoms with Crippen molar-refractivity contribution >= 4 is 5.91 Å². The van der Waals surface area contributed by atoms with Gasteiger partial charge in [-0.25, -0.2) is 0 Å². The average Bonchev–Trinajstić information content (AvgIpc) is 2.41. The molecule has 0 aliphatic heterocycles. The average molecular weight is 251 g/mol. The molecule has 5 heteroatoms. The van der Waals surface area contributed by atoms with Crippen molar-refractivity contribution in [3.8, 4) is 6.07 Å². The van der Waals surface area contributed by atoms with Crippen LogP contribution in [0.15, 0.2) is 11.8 Å². The summed E-state index contributed by atoms with van der Waals surface area (Å²) in [7, 11) is 1.57. The van der Waals surface area contributed by atoms with Gasteiger partial charge in [0.15, 0.2) is 0 Å². The fraction of sp³-hybridized carbons (Fsp3) is 0.692. The molecule has 0 heterocycles. The van der Waals surface area contributed by atoms with E-state index in [4.69, 9.17) is 10.00 Å². The summed E-state index contributed by atoms with van der Waals surface area (Å²) in [6.45, 7) is 0.859. The summed E-state index contributed by atoms with van der Waals surface area (Å²) in [5.74, 6) is -0.349. The predicted octanol–water partition coefficient (Wildman–Crippen LogP) is 1.08. The molecule has 0 saturated heterocycles. The molecule has 0 atom stereocenters. The molecule has 0 spiro atoms. The van der Waals surface area contributed by atoms with Gasteiger partial charge in [-0.05, 0) is 12.8 Å². The highest BCUT2D eigenvalue weighted by molar-refractivity contribution is 5.97. The number of methoxy groups -OCH3 is 1. The zero-order valence-electron chi connectivity index (χ0n) is 10.9. The number of ether oxygens (including phenoxy) is 1. The van der Waals surface area contributed by atoms with Gasteiger partial charge in [-0.1, -0.05) is 19.3 Å². The normalized spacial score (nSPS) is 17.0. The molecule has 2 N–H and O–H groups in total. The second-order valence-electron chi connectivity index (χ2n) is 4.42. The molecule has 1 fully saturated rings. The standard InChI is InChI=1S/C13H21N3O2/c1-18-8-7-15-13(17)11(9-14)10-16-12-5-3-2-4-6-12/h10,12,16H,2-8H2,1H3,(H,15,17)/b11-10-. The second kappa shape index (κ2) is 8.54. The first kappa shape index (κ1) is 14.5. The number of nitrogens with zero attached hydrogens (tertiary/aromatic N) is 1. The first-order chi connectivity index (χ1) is 8.77. The Labute approximate surface area is 108 Å². The topological polar surface area (TPSA) is 74.1 Å². The van der Waals surface area contributed by atoms with Crippen LogP contribution >= 0.6 is 0 Å². The number of nitriles is 1. The Hall–Kier alpha value is -1.54. The summed E-state index contributed by atoms with van der Waals surface area (Å²) in [5, 5.41) is 14.7. The monoisotopic (exact) mass is 251 g/mol. The maximum Gasteiger partial charge on any atom is 0.263 e. The Kier molecular flexibility index (Phi) is 6.89. The molecule has 0 unspecified atom stereocenters. The zero-order valence-corrected chi connectivity index (χ0v) is 10.9. The molecule has 1 aliphatic carbocycles. The summed E-state index contributed by atoms with van der Waals surface area (Å²) >= 11 is 0. The number of rotatable bonds is 6. The van der Waals surface area contributed by atoms with Gasteiger partial charge in [0.1, 0.15) is 11.6 Å². The third-order valence-corrected chi connectivity index (χ3v) is 3.03. The van der Waals surface area contributed by atoms with Gasteiger partial charge in [-0.2, -0.15) is 5.26 Å². The second-order valence-corrected chi connectivity index (χ2v) is 4.42. The van der Waals surface area contributed by atoms with Crippen molar-refractivity contribution in [2.75, 3.05) is 20.3 Å². The lowest BCUT2D eigenvalue weighted by molar-refractivity contribution is -0.117. The number of amides is 1. The van der Waals surface area contributed by atoms with Gasteiger partial charge in [0.05, 0.1) is 6.61 Å². The van der Waals surface area contributed by atoms with Crippen molar-refractivity contribution in [3.05, 3.63) is 11.8 Å². The van der Waals surface area contributed by atoms with Crippen LogP contribution in [0.3, 0.4) is 0 Å². The summed E-state index contributed by atoms with van der Waals surface area (Å²) in [6.07, 6.45) is 7.48. The zero-order chi connectivity index (χ0) is 13.2. The molecule has 1 aliphatic rings. The third kappa shape index (κ3) is 5.19. The number of hydrogen-bond donors (Lipinski definition) is 2. The van der Waals surface area contributed by atoms with Crippen LogP contribution in [0.5, 0.6) is 0 Å². The van der Waals surface area contributed by atoms with Crippen molar-refractivity contribution in [3.63, 3.8) is 0 Å². The Morgan fingerprint density at radius 2 is 2.17 bits per heavy atom. The lowest BCUT2D eigenvalue weighted by Crippen LogP contribution is -2.31. The van der Waals surface area contributed by atoms with E-state index >= 15 is 0 Å². The van der Waals surface area contributed by atoms with E-state index in [2.05, 4.69) is 10.6 Å². The summed E-state index contributed by atoms with van der Waals surface area (Å²) < 4.78 is 4.83. The van der Waals surface area contributed by atoms with Crippen molar-refractivity contribution in [1.29, 1.82) is 5.26 Å². The van der Waals surface area contributed by atoms with Crippen LogP contribution in [0, 0.1) is 11.3 Å². The fourth-order valence-corrected chi connectivity index (χ4v) is 1.98. The van der Waals surface area contributed by atoms with E-state index in [-0.39, 0.29) is 11.5 Å². The number of carbonyl (C=O) groups is 1. The van der Waals surface area contributed by atoms with E-state index in [1.165, 1.54) is 25.5 Å². The molecule has 100 valence electrons. The van der Waals surface area contributed by atoms with Crippen molar-refractivity contribution in [2.24, 2.45) is 0 Å². The van der Waals surface area contributed by atoms with Crippen LogP contribution in [0.1, 0.15) is 32.1 Å². The first-order valence-electron chi connectivity index (χ1n) is 6.41. The van der Waals surface area contributed by atoms with Gasteiger partial charge in [0.2, 0.25) is 0 Å². The van der Waals surface area contributed by atoms with Crippen LogP contribution < -0.4 is 10.6 Å². The molecule has 5 nitrogen and oxygen atoms in total. The van der Waals surface area contributed by atoms with E-state index in [1.807, 2.05) is 6.07 Å². The largest absolute Gasteiger partial charge is 0.387 e. The van der Waals surface area contributed by atoms with E-state index in [9.17, 15) is 4.79 Å². The molecule has 0 aromatic carbocycles. The smallest absolute Gasteiger partial charge is 0.263 e. The quantitative estimate of drug-likeness (QED) is 0.421. The molecule has 0 bridgehead atoms. The molecular weight excluding hydrogens is 230 g/mol. The summed E-state index contributed by atoms with van der Waals surface area (Å²) in [5.41, 5.74) is 0.122. The molecule has 18 heavy (non-hydrogen) atoms. The van der Waals surface area contributed by atoms with Crippen LogP contribution in [0.4, 0.5) is 0 Å². The van der Waals surface area contributed by atoms with Gasteiger partial charge in [-0.15, -0.1) is 0 Å². The first-order valence-corrected chi connectivity index (χ1v) is 6.41. The minimum atomic E-state index is -0.349. The van der Waals surface area contributed by atoms with Gasteiger partial charge < -0.3 is 15.4 Å². The van der Waals surface area contributed by atoms with E-state index < -0.39 is 0 Å². The lowest BCUT2D eigenvalue weighted by Gasteiger charge is -2.21. The Bertz CT molecular complexity index is 328. The van der Waals surface area contributed by atoms with Crippen LogP contribution in [-0.4, -0.2) is 32.2 Å². The molecule has 0 aromatic rings. The number of hydrogen-bond acceptors (Lipinski definition) is 4. The maximum absolute atomic E-state index is 11.6. The van der Waals surface area contributed by atoms with Gasteiger partial charge in [0.25, 0.3) is 5.91 Å². The van der Waals surface area contributed by atoms with Crippen LogP contribution in [0.25, 0.3) is 0 Å². The fourth-order valence-electron chi connectivity index (χ4n) is 1.98. The van der Waals surface area contributed by atoms with Crippen LogP contribution in [0.2, 0.25) is 0 Å². The molecule has 1 saturated carbocycles.